The summed E-state index contributed by atoms with van der Waals surface area (Å²) in [6, 6.07) is 8.35. The summed E-state index contributed by atoms with van der Waals surface area (Å²) in [5.74, 6) is 2.98. The van der Waals surface area contributed by atoms with E-state index in [1.165, 1.54) is 37.7 Å². The Morgan fingerprint density at radius 3 is 2.11 bits per heavy atom. The highest BCUT2D eigenvalue weighted by atomic mass is 17.2. The monoisotopic (exact) mass is 512 g/mol. The molecule has 0 spiro atoms. The third kappa shape index (κ3) is 5.31. The van der Waals surface area contributed by atoms with Gasteiger partial charge in [0.15, 0.2) is 0 Å². The van der Waals surface area contributed by atoms with Crippen LogP contribution in [0.2, 0.25) is 0 Å². The molecule has 202 valence electrons. The lowest BCUT2D eigenvalue weighted by Crippen LogP contribution is -2.60. The van der Waals surface area contributed by atoms with Gasteiger partial charge < -0.3 is 9.47 Å². The van der Waals surface area contributed by atoms with Gasteiger partial charge in [-0.15, -0.1) is 0 Å². The molecule has 1 aliphatic heterocycles. The van der Waals surface area contributed by atoms with Crippen molar-refractivity contribution < 1.29 is 28.8 Å². The van der Waals surface area contributed by atoms with Gasteiger partial charge in [-0.05, 0) is 93.2 Å². The fourth-order valence-electron chi connectivity index (χ4n) is 7.96. The predicted molar refractivity (Wildman–Crippen MR) is 135 cm³/mol. The van der Waals surface area contributed by atoms with E-state index in [2.05, 4.69) is 17.4 Å². The first-order valence-electron chi connectivity index (χ1n) is 14.2. The maximum absolute atomic E-state index is 11.5. The van der Waals surface area contributed by atoms with Gasteiger partial charge >= 0.3 is 0 Å². The number of piperazine rings is 1. The molecule has 1 heterocycles. The SMILES string of the molecule is COC1(OO[C@H]2CC[C@@H](c3ccc(OCCN4CC(=O)NC(=O)C4)cc3)CC2)C2CC3CC(C2)CC1C3. The summed E-state index contributed by atoms with van der Waals surface area (Å²) < 4.78 is 11.9. The zero-order valence-electron chi connectivity index (χ0n) is 21.9. The molecule has 2 amide bonds. The Morgan fingerprint density at radius 2 is 1.51 bits per heavy atom. The Hall–Kier alpha value is -2.00. The first-order valence-corrected chi connectivity index (χ1v) is 14.2. The van der Waals surface area contributed by atoms with E-state index in [0.717, 1.165) is 43.3 Å². The van der Waals surface area contributed by atoms with Crippen LogP contribution in [0, 0.1) is 23.7 Å². The number of carbonyl (C=O) groups excluding carboxylic acids is 2. The highest BCUT2D eigenvalue weighted by Crippen LogP contribution is 2.60. The van der Waals surface area contributed by atoms with E-state index in [9.17, 15) is 9.59 Å². The number of amides is 2. The molecule has 1 saturated heterocycles. The maximum atomic E-state index is 11.5. The summed E-state index contributed by atoms with van der Waals surface area (Å²) in [6.07, 6.45) is 10.6. The first-order chi connectivity index (χ1) is 18.0. The summed E-state index contributed by atoms with van der Waals surface area (Å²) in [5.41, 5.74) is 1.33. The van der Waals surface area contributed by atoms with Crippen molar-refractivity contribution in [1.29, 1.82) is 0 Å². The number of hydrogen-bond donors (Lipinski definition) is 1. The van der Waals surface area contributed by atoms with Gasteiger partial charge in [-0.1, -0.05) is 12.1 Å². The number of methoxy groups -OCH3 is 1. The quantitative estimate of drug-likeness (QED) is 0.233. The van der Waals surface area contributed by atoms with Crippen LogP contribution in [-0.2, 0) is 24.1 Å². The van der Waals surface area contributed by atoms with E-state index in [4.69, 9.17) is 19.2 Å². The lowest BCUT2D eigenvalue weighted by molar-refractivity contribution is -0.485. The molecule has 6 fully saturated rings. The number of hydrogen-bond acceptors (Lipinski definition) is 7. The number of rotatable bonds is 9. The van der Waals surface area contributed by atoms with E-state index in [0.29, 0.717) is 30.9 Å². The molecule has 5 aliphatic carbocycles. The van der Waals surface area contributed by atoms with Crippen molar-refractivity contribution >= 4 is 11.8 Å². The van der Waals surface area contributed by atoms with Gasteiger partial charge in [0.1, 0.15) is 12.4 Å². The second-order valence-corrected chi connectivity index (χ2v) is 12.0. The van der Waals surface area contributed by atoms with E-state index in [-0.39, 0.29) is 31.0 Å². The van der Waals surface area contributed by atoms with Gasteiger partial charge in [-0.2, -0.15) is 0 Å². The van der Waals surface area contributed by atoms with E-state index in [1.807, 2.05) is 19.2 Å². The van der Waals surface area contributed by atoms with E-state index < -0.39 is 5.79 Å². The van der Waals surface area contributed by atoms with Crippen molar-refractivity contribution in [2.24, 2.45) is 23.7 Å². The number of benzene rings is 1. The summed E-state index contributed by atoms with van der Waals surface area (Å²) in [6.45, 7) is 1.45. The molecule has 4 bridgehead atoms. The third-order valence-electron chi connectivity index (χ3n) is 9.62. The maximum Gasteiger partial charge on any atom is 0.240 e. The zero-order valence-corrected chi connectivity index (χ0v) is 21.9. The van der Waals surface area contributed by atoms with Crippen molar-refractivity contribution in [3.63, 3.8) is 0 Å². The van der Waals surface area contributed by atoms with Crippen LogP contribution >= 0.6 is 0 Å². The fourth-order valence-corrected chi connectivity index (χ4v) is 7.96. The molecule has 8 heteroatoms. The Kier molecular flexibility index (Phi) is 7.27. The highest BCUT2D eigenvalue weighted by molar-refractivity contribution is 5.99. The average Bonchev–Trinajstić information content (AvgIpc) is 2.89. The summed E-state index contributed by atoms with van der Waals surface area (Å²) in [7, 11) is 1.81. The lowest BCUT2D eigenvalue weighted by Gasteiger charge is -2.58. The molecule has 37 heavy (non-hydrogen) atoms. The van der Waals surface area contributed by atoms with E-state index >= 15 is 0 Å². The van der Waals surface area contributed by atoms with Gasteiger partial charge in [0.05, 0.1) is 19.2 Å². The number of nitrogens with zero attached hydrogens (tertiary/aromatic N) is 1. The van der Waals surface area contributed by atoms with Gasteiger partial charge in [0.25, 0.3) is 0 Å². The van der Waals surface area contributed by atoms with Crippen LogP contribution in [0.15, 0.2) is 24.3 Å². The van der Waals surface area contributed by atoms with Crippen molar-refractivity contribution in [3.05, 3.63) is 29.8 Å². The molecule has 5 saturated carbocycles. The Bertz CT molecular complexity index is 929. The van der Waals surface area contributed by atoms with Crippen molar-refractivity contribution in [2.75, 3.05) is 33.4 Å². The minimum atomic E-state index is -0.532. The smallest absolute Gasteiger partial charge is 0.240 e. The second-order valence-electron chi connectivity index (χ2n) is 12.0. The second kappa shape index (κ2) is 10.6. The van der Waals surface area contributed by atoms with Crippen LogP contribution in [0.25, 0.3) is 0 Å². The largest absolute Gasteiger partial charge is 0.492 e. The number of ether oxygens (including phenoxy) is 2. The topological polar surface area (TPSA) is 86.3 Å². The average molecular weight is 513 g/mol. The zero-order chi connectivity index (χ0) is 25.4. The molecule has 8 nitrogen and oxygen atoms in total. The molecule has 0 radical (unpaired) electrons. The highest BCUT2D eigenvalue weighted by Gasteiger charge is 2.60. The summed E-state index contributed by atoms with van der Waals surface area (Å²) in [4.78, 5) is 37.1. The van der Waals surface area contributed by atoms with Crippen LogP contribution in [0.5, 0.6) is 5.75 Å². The number of carbonyl (C=O) groups is 2. The van der Waals surface area contributed by atoms with Crippen LogP contribution < -0.4 is 10.1 Å². The predicted octanol–water partition coefficient (Wildman–Crippen LogP) is 3.80. The Labute approximate surface area is 219 Å². The molecule has 0 atom stereocenters. The molecule has 1 aromatic rings. The molecule has 0 unspecified atom stereocenters. The van der Waals surface area contributed by atoms with Crippen molar-refractivity contribution in [3.8, 4) is 5.75 Å². The molecular formula is C29H40N2O6. The molecular weight excluding hydrogens is 472 g/mol. The number of nitrogens with one attached hydrogen (secondary N) is 1. The molecule has 1 N–H and O–H groups in total. The standard InChI is InChI=1S/C29H40N2O6/c1-34-29(23-13-19-12-20(15-23)16-24(29)14-19)37-36-26-8-4-22(5-9-26)21-2-6-25(7-3-21)35-11-10-31-17-27(32)30-28(33)18-31/h2-3,6-7,19-20,22-24,26H,4-5,8-18H2,1H3,(H,30,32,33)/t19?,20?,22-,23?,24?,26+,29?. The lowest BCUT2D eigenvalue weighted by atomic mass is 9.53. The minimum Gasteiger partial charge on any atom is -0.492 e. The van der Waals surface area contributed by atoms with Gasteiger partial charge in [0.2, 0.25) is 17.6 Å². The minimum absolute atomic E-state index is 0.131. The fraction of sp³-hybridized carbons (Fsp3) is 0.724. The summed E-state index contributed by atoms with van der Waals surface area (Å²) >= 11 is 0. The summed E-state index contributed by atoms with van der Waals surface area (Å²) in [5, 5.41) is 2.31. The van der Waals surface area contributed by atoms with Crippen LogP contribution in [0.4, 0.5) is 0 Å². The third-order valence-corrected chi connectivity index (χ3v) is 9.62. The Balaban J connectivity index is 0.944. The van der Waals surface area contributed by atoms with Crippen LogP contribution in [-0.4, -0.2) is 62.0 Å². The van der Waals surface area contributed by atoms with Gasteiger partial charge in [-0.25, -0.2) is 9.78 Å². The van der Waals surface area contributed by atoms with Crippen molar-refractivity contribution in [1.82, 2.24) is 10.2 Å². The van der Waals surface area contributed by atoms with Crippen LogP contribution in [0.1, 0.15) is 69.3 Å². The van der Waals surface area contributed by atoms with Gasteiger partial charge in [-0.3, -0.25) is 19.8 Å². The molecule has 6 aliphatic rings. The normalized spacial score (nSPS) is 37.5. The van der Waals surface area contributed by atoms with E-state index in [1.54, 1.807) is 4.90 Å². The first kappa shape index (κ1) is 25.3. The van der Waals surface area contributed by atoms with Crippen molar-refractivity contribution in [2.45, 2.75) is 75.6 Å². The Morgan fingerprint density at radius 1 is 0.892 bits per heavy atom. The molecule has 1 aromatic carbocycles. The van der Waals surface area contributed by atoms with Crippen LogP contribution in [0.3, 0.4) is 0 Å². The molecule has 7 rings (SSSR count). The molecule has 0 aromatic heterocycles. The number of imide groups is 1. The van der Waals surface area contributed by atoms with Gasteiger partial charge in [0, 0.05) is 25.5 Å².